The number of nitrogens with zero attached hydrogens (tertiary/aromatic N) is 1. The SMILES string of the molecule is CC(=O)c1csc(NC(=O)CC2CC2)n1. The molecule has 0 bridgehead atoms. The van der Waals surface area contributed by atoms with E-state index in [9.17, 15) is 9.59 Å². The lowest BCUT2D eigenvalue weighted by Crippen LogP contribution is -2.11. The topological polar surface area (TPSA) is 59.1 Å². The van der Waals surface area contributed by atoms with Crippen molar-refractivity contribution in [2.75, 3.05) is 5.32 Å². The number of Topliss-reactive ketones (excluding diaryl/α,β-unsaturated/α-hetero) is 1. The average Bonchev–Trinajstić information content (AvgIpc) is 2.82. The van der Waals surface area contributed by atoms with Gasteiger partial charge in [0.15, 0.2) is 10.9 Å². The summed E-state index contributed by atoms with van der Waals surface area (Å²) in [5, 5.41) is 4.89. The minimum Gasteiger partial charge on any atom is -0.302 e. The van der Waals surface area contributed by atoms with Crippen molar-refractivity contribution in [2.45, 2.75) is 26.2 Å². The van der Waals surface area contributed by atoms with E-state index in [0.717, 1.165) is 12.8 Å². The van der Waals surface area contributed by atoms with Crippen LogP contribution in [-0.2, 0) is 4.79 Å². The first-order valence-corrected chi connectivity index (χ1v) is 5.79. The minimum atomic E-state index is -0.0751. The van der Waals surface area contributed by atoms with Crippen molar-refractivity contribution in [3.8, 4) is 0 Å². The Morgan fingerprint density at radius 2 is 2.33 bits per heavy atom. The Kier molecular flexibility index (Phi) is 2.81. The number of carbonyl (C=O) groups is 2. The molecule has 1 aliphatic carbocycles. The molecule has 1 amide bonds. The van der Waals surface area contributed by atoms with E-state index >= 15 is 0 Å². The first-order chi connectivity index (χ1) is 7.15. The van der Waals surface area contributed by atoms with Crippen molar-refractivity contribution in [2.24, 2.45) is 5.92 Å². The summed E-state index contributed by atoms with van der Waals surface area (Å²) in [5.74, 6) is 0.494. The van der Waals surface area contributed by atoms with Crippen molar-refractivity contribution in [3.63, 3.8) is 0 Å². The molecule has 80 valence electrons. The fraction of sp³-hybridized carbons (Fsp3) is 0.500. The molecule has 0 saturated heterocycles. The number of amides is 1. The van der Waals surface area contributed by atoms with Crippen LogP contribution in [0.2, 0.25) is 0 Å². The van der Waals surface area contributed by atoms with E-state index in [4.69, 9.17) is 0 Å². The molecule has 0 radical (unpaired) electrons. The summed E-state index contributed by atoms with van der Waals surface area (Å²) in [4.78, 5) is 26.4. The summed E-state index contributed by atoms with van der Waals surface area (Å²) < 4.78 is 0. The number of nitrogens with one attached hydrogen (secondary N) is 1. The largest absolute Gasteiger partial charge is 0.302 e. The number of ketones is 1. The van der Waals surface area contributed by atoms with Gasteiger partial charge in [0, 0.05) is 18.7 Å². The Hall–Kier alpha value is -1.23. The van der Waals surface area contributed by atoms with Crippen molar-refractivity contribution >= 4 is 28.2 Å². The number of carbonyl (C=O) groups excluding carboxylic acids is 2. The highest BCUT2D eigenvalue weighted by Crippen LogP contribution is 2.32. The average molecular weight is 224 g/mol. The molecular formula is C10H12N2O2S. The lowest BCUT2D eigenvalue weighted by atomic mass is 10.3. The number of aromatic nitrogens is 1. The van der Waals surface area contributed by atoms with Crippen LogP contribution in [0.1, 0.15) is 36.7 Å². The second-order valence-corrected chi connectivity index (χ2v) is 4.65. The molecule has 0 aromatic carbocycles. The van der Waals surface area contributed by atoms with Crippen molar-refractivity contribution in [3.05, 3.63) is 11.1 Å². The fourth-order valence-electron chi connectivity index (χ4n) is 1.25. The molecule has 1 aliphatic rings. The van der Waals surface area contributed by atoms with Gasteiger partial charge < -0.3 is 5.32 Å². The van der Waals surface area contributed by atoms with Crippen LogP contribution in [0, 0.1) is 5.92 Å². The summed E-state index contributed by atoms with van der Waals surface area (Å²) in [5.41, 5.74) is 0.418. The third kappa shape index (κ3) is 2.86. The molecule has 15 heavy (non-hydrogen) atoms. The highest BCUT2D eigenvalue weighted by Gasteiger charge is 2.24. The Morgan fingerprint density at radius 1 is 1.60 bits per heavy atom. The zero-order valence-electron chi connectivity index (χ0n) is 8.45. The molecule has 0 aliphatic heterocycles. The number of anilines is 1. The summed E-state index contributed by atoms with van der Waals surface area (Å²) in [7, 11) is 0. The molecule has 4 nitrogen and oxygen atoms in total. The van der Waals surface area contributed by atoms with Gasteiger partial charge in [-0.2, -0.15) is 0 Å². The zero-order valence-corrected chi connectivity index (χ0v) is 9.26. The molecule has 5 heteroatoms. The molecule has 1 heterocycles. The van der Waals surface area contributed by atoms with E-state index in [1.54, 1.807) is 5.38 Å². The molecular weight excluding hydrogens is 212 g/mol. The van der Waals surface area contributed by atoms with Crippen molar-refractivity contribution in [1.82, 2.24) is 4.98 Å². The van der Waals surface area contributed by atoms with Gasteiger partial charge in [0.1, 0.15) is 5.69 Å². The van der Waals surface area contributed by atoms with Crippen molar-refractivity contribution in [1.29, 1.82) is 0 Å². The Labute approximate surface area is 91.7 Å². The van der Waals surface area contributed by atoms with Crippen LogP contribution in [0.25, 0.3) is 0 Å². The number of rotatable bonds is 4. The maximum Gasteiger partial charge on any atom is 0.226 e. The number of hydrogen-bond donors (Lipinski definition) is 1. The molecule has 1 aromatic heterocycles. The van der Waals surface area contributed by atoms with E-state index in [-0.39, 0.29) is 11.7 Å². The van der Waals surface area contributed by atoms with Crippen LogP contribution in [0.4, 0.5) is 5.13 Å². The lowest BCUT2D eigenvalue weighted by Gasteiger charge is -1.98. The zero-order chi connectivity index (χ0) is 10.8. The molecule has 1 aromatic rings. The van der Waals surface area contributed by atoms with E-state index in [2.05, 4.69) is 10.3 Å². The van der Waals surface area contributed by atoms with Crippen LogP contribution in [-0.4, -0.2) is 16.7 Å². The Morgan fingerprint density at radius 3 is 2.87 bits per heavy atom. The van der Waals surface area contributed by atoms with Gasteiger partial charge in [0.25, 0.3) is 0 Å². The van der Waals surface area contributed by atoms with Crippen LogP contribution in [0.3, 0.4) is 0 Å². The predicted molar refractivity (Wildman–Crippen MR) is 58.1 cm³/mol. The molecule has 0 spiro atoms. The van der Waals surface area contributed by atoms with Gasteiger partial charge in [0.05, 0.1) is 0 Å². The van der Waals surface area contributed by atoms with E-state index in [1.807, 2.05) is 0 Å². The monoisotopic (exact) mass is 224 g/mol. The summed E-state index contributed by atoms with van der Waals surface area (Å²) in [6.07, 6.45) is 2.89. The van der Waals surface area contributed by atoms with Gasteiger partial charge in [-0.1, -0.05) is 0 Å². The second-order valence-electron chi connectivity index (χ2n) is 3.79. The molecule has 1 saturated carbocycles. The minimum absolute atomic E-state index is 0.00181. The number of hydrogen-bond acceptors (Lipinski definition) is 4. The fourth-order valence-corrected chi connectivity index (χ4v) is 2.01. The van der Waals surface area contributed by atoms with Gasteiger partial charge in [-0.15, -0.1) is 11.3 Å². The maximum atomic E-state index is 11.4. The Balaban J connectivity index is 1.91. The smallest absolute Gasteiger partial charge is 0.226 e. The lowest BCUT2D eigenvalue weighted by molar-refractivity contribution is -0.116. The van der Waals surface area contributed by atoms with E-state index < -0.39 is 0 Å². The standard InChI is InChI=1S/C10H12N2O2S/c1-6(13)8-5-15-10(11-8)12-9(14)4-7-2-3-7/h5,7H,2-4H2,1H3,(H,11,12,14). The van der Waals surface area contributed by atoms with Gasteiger partial charge in [-0.05, 0) is 18.8 Å². The first kappa shape index (κ1) is 10.3. The molecule has 1 fully saturated rings. The molecule has 0 unspecified atom stereocenters. The normalized spacial score (nSPS) is 15.0. The summed E-state index contributed by atoms with van der Waals surface area (Å²) in [6.45, 7) is 1.46. The van der Waals surface area contributed by atoms with Crippen LogP contribution < -0.4 is 5.32 Å². The number of thiazole rings is 1. The van der Waals surface area contributed by atoms with Crippen LogP contribution in [0.5, 0.6) is 0 Å². The summed E-state index contributed by atoms with van der Waals surface area (Å²) in [6, 6.07) is 0. The van der Waals surface area contributed by atoms with Gasteiger partial charge in [0.2, 0.25) is 5.91 Å². The third-order valence-electron chi connectivity index (χ3n) is 2.28. The molecule has 1 N–H and O–H groups in total. The van der Waals surface area contributed by atoms with Gasteiger partial charge in [-0.3, -0.25) is 9.59 Å². The predicted octanol–water partition coefficient (Wildman–Crippen LogP) is 2.08. The van der Waals surface area contributed by atoms with Crippen LogP contribution in [0.15, 0.2) is 5.38 Å². The highest BCUT2D eigenvalue weighted by molar-refractivity contribution is 7.14. The van der Waals surface area contributed by atoms with E-state index in [1.165, 1.54) is 18.3 Å². The third-order valence-corrected chi connectivity index (χ3v) is 3.04. The van der Waals surface area contributed by atoms with Gasteiger partial charge in [-0.25, -0.2) is 4.98 Å². The van der Waals surface area contributed by atoms with Gasteiger partial charge >= 0.3 is 0 Å². The first-order valence-electron chi connectivity index (χ1n) is 4.91. The molecule has 2 rings (SSSR count). The maximum absolute atomic E-state index is 11.4. The highest BCUT2D eigenvalue weighted by atomic mass is 32.1. The van der Waals surface area contributed by atoms with Crippen LogP contribution >= 0.6 is 11.3 Å². The van der Waals surface area contributed by atoms with E-state index in [0.29, 0.717) is 23.2 Å². The Bertz CT molecular complexity index is 396. The van der Waals surface area contributed by atoms with Crippen molar-refractivity contribution < 1.29 is 9.59 Å². The second kappa shape index (κ2) is 4.10. The molecule has 0 atom stereocenters. The quantitative estimate of drug-likeness (QED) is 0.796. The summed E-state index contributed by atoms with van der Waals surface area (Å²) >= 11 is 1.29.